The Labute approximate surface area is 115 Å². The Hall–Kier alpha value is -1.96. The minimum absolute atomic E-state index is 0.915. The van der Waals surface area contributed by atoms with Crippen LogP contribution in [0.15, 0.2) is 37.0 Å². The molecule has 2 aromatic heterocycles. The molecule has 0 saturated heterocycles. The van der Waals surface area contributed by atoms with E-state index in [4.69, 9.17) is 0 Å². The van der Waals surface area contributed by atoms with Gasteiger partial charge >= 0.3 is 0 Å². The van der Waals surface area contributed by atoms with E-state index in [0.717, 1.165) is 35.5 Å². The third-order valence-electron chi connectivity index (χ3n) is 3.11. The van der Waals surface area contributed by atoms with Crippen molar-refractivity contribution in [3.8, 4) is 0 Å². The first-order valence-electron chi connectivity index (χ1n) is 6.59. The van der Waals surface area contributed by atoms with Crippen molar-refractivity contribution in [2.24, 2.45) is 0 Å². The van der Waals surface area contributed by atoms with E-state index in [1.165, 1.54) is 11.1 Å². The van der Waals surface area contributed by atoms with Crippen LogP contribution in [-0.4, -0.2) is 9.97 Å². The summed E-state index contributed by atoms with van der Waals surface area (Å²) in [5.41, 5.74) is 6.80. The second-order valence-electron chi connectivity index (χ2n) is 5.09. The maximum absolute atomic E-state index is 4.58. The van der Waals surface area contributed by atoms with Gasteiger partial charge in [0.1, 0.15) is 0 Å². The van der Waals surface area contributed by atoms with Crippen LogP contribution in [0.1, 0.15) is 35.1 Å². The fourth-order valence-electron chi connectivity index (χ4n) is 2.10. The summed E-state index contributed by atoms with van der Waals surface area (Å²) in [5.74, 6) is 0. The molecule has 2 rings (SSSR count). The number of hydrogen-bond donors (Lipinski definition) is 0. The van der Waals surface area contributed by atoms with Gasteiger partial charge in [-0.2, -0.15) is 0 Å². The van der Waals surface area contributed by atoms with E-state index in [1.54, 1.807) is 0 Å². The Kier molecular flexibility index (Phi) is 4.10. The average Bonchev–Trinajstić information content (AvgIpc) is 2.36. The maximum Gasteiger partial charge on any atom is 0.0416 e. The molecular weight excluding hydrogens is 232 g/mol. The van der Waals surface area contributed by atoms with Gasteiger partial charge in [0, 0.05) is 23.3 Å². The van der Waals surface area contributed by atoms with E-state index in [9.17, 15) is 0 Å². The summed E-state index contributed by atoms with van der Waals surface area (Å²) in [5, 5.41) is 0. The first-order chi connectivity index (χ1) is 9.04. The van der Waals surface area contributed by atoms with Crippen LogP contribution in [0.5, 0.6) is 0 Å². The van der Waals surface area contributed by atoms with Gasteiger partial charge in [-0.3, -0.25) is 9.97 Å². The molecule has 0 N–H and O–H groups in total. The monoisotopic (exact) mass is 252 g/mol. The molecule has 2 nitrogen and oxygen atoms in total. The first-order valence-corrected chi connectivity index (χ1v) is 6.59. The second kappa shape index (κ2) is 5.79. The molecule has 0 unspecified atom stereocenters. The summed E-state index contributed by atoms with van der Waals surface area (Å²) in [6.45, 7) is 10.1. The molecule has 2 heteroatoms. The zero-order chi connectivity index (χ0) is 13.8. The highest BCUT2D eigenvalue weighted by atomic mass is 14.7. The Morgan fingerprint density at radius 3 is 2.53 bits per heavy atom. The molecule has 0 aromatic carbocycles. The number of aromatic nitrogens is 2. The van der Waals surface area contributed by atoms with E-state index >= 15 is 0 Å². The minimum Gasteiger partial charge on any atom is -0.261 e. The molecule has 0 aliphatic rings. The predicted octanol–water partition coefficient (Wildman–Crippen LogP) is 3.91. The Bertz CT molecular complexity index is 600. The SMILES string of the molecule is C=C(C)c1cc(C)nc(CCc2cc(C)ccn2)c1. The van der Waals surface area contributed by atoms with E-state index in [-0.39, 0.29) is 0 Å². The summed E-state index contributed by atoms with van der Waals surface area (Å²) in [7, 11) is 0. The molecule has 0 aliphatic carbocycles. The van der Waals surface area contributed by atoms with Gasteiger partial charge < -0.3 is 0 Å². The van der Waals surface area contributed by atoms with Crippen LogP contribution in [0.4, 0.5) is 0 Å². The standard InChI is InChI=1S/C17H20N2/c1-12(2)15-10-14(4)19-17(11-15)6-5-16-9-13(3)7-8-18-16/h7-11H,1,5-6H2,2-4H3. The van der Waals surface area contributed by atoms with Crippen molar-refractivity contribution in [3.05, 3.63) is 65.2 Å². The molecule has 19 heavy (non-hydrogen) atoms. The lowest BCUT2D eigenvalue weighted by molar-refractivity contribution is 0.869. The third kappa shape index (κ3) is 3.75. The fraction of sp³-hybridized carbons (Fsp3) is 0.294. The van der Waals surface area contributed by atoms with Crippen molar-refractivity contribution in [2.75, 3.05) is 0 Å². The molecule has 0 fully saturated rings. The van der Waals surface area contributed by atoms with Gasteiger partial charge in [-0.05, 0) is 69.0 Å². The molecular formula is C17H20N2. The van der Waals surface area contributed by atoms with Crippen molar-refractivity contribution < 1.29 is 0 Å². The summed E-state index contributed by atoms with van der Waals surface area (Å²) in [6, 6.07) is 8.37. The Morgan fingerprint density at radius 1 is 1.11 bits per heavy atom. The van der Waals surface area contributed by atoms with E-state index in [2.05, 4.69) is 41.7 Å². The van der Waals surface area contributed by atoms with Gasteiger partial charge in [-0.15, -0.1) is 0 Å². The maximum atomic E-state index is 4.58. The van der Waals surface area contributed by atoms with Crippen LogP contribution in [0, 0.1) is 13.8 Å². The number of hydrogen-bond acceptors (Lipinski definition) is 2. The number of rotatable bonds is 4. The summed E-state index contributed by atoms with van der Waals surface area (Å²) in [4.78, 5) is 8.97. The van der Waals surface area contributed by atoms with Crippen molar-refractivity contribution in [3.63, 3.8) is 0 Å². The van der Waals surface area contributed by atoms with Crippen LogP contribution >= 0.6 is 0 Å². The summed E-state index contributed by atoms with van der Waals surface area (Å²) >= 11 is 0. The van der Waals surface area contributed by atoms with E-state index < -0.39 is 0 Å². The number of allylic oxidation sites excluding steroid dienone is 1. The second-order valence-corrected chi connectivity index (χ2v) is 5.09. The van der Waals surface area contributed by atoms with Gasteiger partial charge in [0.2, 0.25) is 0 Å². The highest BCUT2D eigenvalue weighted by molar-refractivity contribution is 5.61. The Morgan fingerprint density at radius 2 is 1.84 bits per heavy atom. The van der Waals surface area contributed by atoms with Crippen molar-refractivity contribution in [1.82, 2.24) is 9.97 Å². The Balaban J connectivity index is 2.13. The van der Waals surface area contributed by atoms with Crippen molar-refractivity contribution in [2.45, 2.75) is 33.6 Å². The van der Waals surface area contributed by atoms with Crippen LogP contribution in [-0.2, 0) is 12.8 Å². The average molecular weight is 252 g/mol. The number of pyridine rings is 2. The molecule has 0 spiro atoms. The lowest BCUT2D eigenvalue weighted by Gasteiger charge is -2.07. The number of nitrogens with zero attached hydrogens (tertiary/aromatic N) is 2. The van der Waals surface area contributed by atoms with E-state index in [0.29, 0.717) is 0 Å². The van der Waals surface area contributed by atoms with Crippen molar-refractivity contribution in [1.29, 1.82) is 0 Å². The summed E-state index contributed by atoms with van der Waals surface area (Å²) in [6.07, 6.45) is 3.71. The van der Waals surface area contributed by atoms with Gasteiger partial charge in [0.05, 0.1) is 0 Å². The lowest BCUT2D eigenvalue weighted by Crippen LogP contribution is -1.99. The van der Waals surface area contributed by atoms with Crippen molar-refractivity contribution >= 4 is 5.57 Å². The molecule has 0 saturated carbocycles. The molecule has 0 amide bonds. The van der Waals surface area contributed by atoms with Gasteiger partial charge in [0.15, 0.2) is 0 Å². The van der Waals surface area contributed by atoms with E-state index in [1.807, 2.05) is 26.1 Å². The van der Waals surface area contributed by atoms with Crippen LogP contribution in [0.3, 0.4) is 0 Å². The highest BCUT2D eigenvalue weighted by Gasteiger charge is 2.03. The van der Waals surface area contributed by atoms with Gasteiger partial charge in [-0.1, -0.05) is 12.2 Å². The lowest BCUT2D eigenvalue weighted by atomic mass is 10.1. The minimum atomic E-state index is 0.915. The molecule has 0 aliphatic heterocycles. The predicted molar refractivity (Wildman–Crippen MR) is 80.1 cm³/mol. The quantitative estimate of drug-likeness (QED) is 0.824. The zero-order valence-electron chi connectivity index (χ0n) is 11.9. The van der Waals surface area contributed by atoms with Crippen LogP contribution in [0.2, 0.25) is 0 Å². The largest absolute Gasteiger partial charge is 0.261 e. The molecule has 2 aromatic rings. The van der Waals surface area contributed by atoms with Gasteiger partial charge in [0.25, 0.3) is 0 Å². The highest BCUT2D eigenvalue weighted by Crippen LogP contribution is 2.15. The van der Waals surface area contributed by atoms with Gasteiger partial charge in [-0.25, -0.2) is 0 Å². The molecule has 0 radical (unpaired) electrons. The smallest absolute Gasteiger partial charge is 0.0416 e. The fourth-order valence-corrected chi connectivity index (χ4v) is 2.10. The topological polar surface area (TPSA) is 25.8 Å². The van der Waals surface area contributed by atoms with Crippen LogP contribution < -0.4 is 0 Å². The molecule has 98 valence electrons. The molecule has 0 bridgehead atoms. The molecule has 0 atom stereocenters. The zero-order valence-corrected chi connectivity index (χ0v) is 11.9. The normalized spacial score (nSPS) is 10.5. The van der Waals surface area contributed by atoms with Crippen LogP contribution in [0.25, 0.3) is 5.57 Å². The summed E-state index contributed by atoms with van der Waals surface area (Å²) < 4.78 is 0. The third-order valence-corrected chi connectivity index (χ3v) is 3.11. The first kappa shape index (κ1) is 13.5. The molecule has 2 heterocycles. The number of aryl methyl sites for hydroxylation is 4.